The molecule has 1 aromatic heterocycles. The molecule has 1 saturated heterocycles. The van der Waals surface area contributed by atoms with E-state index in [1.807, 2.05) is 6.20 Å². The molecule has 0 radical (unpaired) electrons. The van der Waals surface area contributed by atoms with Gasteiger partial charge in [-0.1, -0.05) is 0 Å². The standard InChI is InChI=1S/C8H13N3O/c1-2-12-5-7(1)10-4-8-3-9-6-11-8/h3,6-7,10H,1-2,4-5H2,(H,9,11). The highest BCUT2D eigenvalue weighted by molar-refractivity contribution is 4.93. The summed E-state index contributed by atoms with van der Waals surface area (Å²) in [6, 6.07) is 0.522. The van der Waals surface area contributed by atoms with Crippen molar-refractivity contribution >= 4 is 0 Å². The van der Waals surface area contributed by atoms with Gasteiger partial charge in [-0.15, -0.1) is 0 Å². The molecule has 1 aliphatic heterocycles. The fourth-order valence-corrected chi connectivity index (χ4v) is 1.33. The average molecular weight is 167 g/mol. The average Bonchev–Trinajstić information content (AvgIpc) is 2.74. The first-order valence-electron chi connectivity index (χ1n) is 4.23. The number of ether oxygens (including phenoxy) is 1. The van der Waals surface area contributed by atoms with Gasteiger partial charge in [-0.25, -0.2) is 4.98 Å². The zero-order valence-electron chi connectivity index (χ0n) is 6.92. The number of nitrogens with one attached hydrogen (secondary N) is 2. The molecule has 1 aromatic rings. The fraction of sp³-hybridized carbons (Fsp3) is 0.625. The van der Waals surface area contributed by atoms with Crippen molar-refractivity contribution in [3.63, 3.8) is 0 Å². The van der Waals surface area contributed by atoms with Gasteiger partial charge in [0.1, 0.15) is 0 Å². The second-order valence-corrected chi connectivity index (χ2v) is 3.02. The Morgan fingerprint density at radius 1 is 1.75 bits per heavy atom. The molecule has 1 fully saturated rings. The van der Waals surface area contributed by atoms with Crippen molar-refractivity contribution in [2.75, 3.05) is 13.2 Å². The summed E-state index contributed by atoms with van der Waals surface area (Å²) in [5.41, 5.74) is 1.13. The molecule has 0 aliphatic carbocycles. The minimum absolute atomic E-state index is 0.522. The van der Waals surface area contributed by atoms with Gasteiger partial charge in [0.15, 0.2) is 0 Å². The van der Waals surface area contributed by atoms with E-state index in [0.29, 0.717) is 6.04 Å². The molecule has 0 amide bonds. The lowest BCUT2D eigenvalue weighted by molar-refractivity contribution is 0.189. The van der Waals surface area contributed by atoms with E-state index in [9.17, 15) is 0 Å². The topological polar surface area (TPSA) is 49.9 Å². The van der Waals surface area contributed by atoms with E-state index in [-0.39, 0.29) is 0 Å². The summed E-state index contributed by atoms with van der Waals surface area (Å²) in [6.45, 7) is 2.59. The predicted molar refractivity (Wildman–Crippen MR) is 44.7 cm³/mol. The summed E-state index contributed by atoms with van der Waals surface area (Å²) in [6.07, 6.45) is 4.65. The van der Waals surface area contributed by atoms with Crippen LogP contribution in [0.4, 0.5) is 0 Å². The molecule has 4 nitrogen and oxygen atoms in total. The Morgan fingerprint density at radius 2 is 2.75 bits per heavy atom. The van der Waals surface area contributed by atoms with Gasteiger partial charge in [-0.05, 0) is 6.42 Å². The third-order valence-electron chi connectivity index (χ3n) is 2.07. The Kier molecular flexibility index (Phi) is 2.39. The van der Waals surface area contributed by atoms with Crippen LogP contribution in [0.25, 0.3) is 0 Å². The summed E-state index contributed by atoms with van der Waals surface area (Å²) in [5.74, 6) is 0. The molecule has 0 saturated carbocycles. The molecule has 2 heterocycles. The SMILES string of the molecule is c1ncc(CNC2CCOC2)[nH]1. The molecule has 1 aliphatic rings. The summed E-state index contributed by atoms with van der Waals surface area (Å²) >= 11 is 0. The monoisotopic (exact) mass is 167 g/mol. The number of H-pyrrole nitrogens is 1. The van der Waals surface area contributed by atoms with Crippen molar-refractivity contribution in [2.45, 2.75) is 19.0 Å². The maximum Gasteiger partial charge on any atom is 0.0922 e. The fourth-order valence-electron chi connectivity index (χ4n) is 1.33. The highest BCUT2D eigenvalue weighted by Crippen LogP contribution is 2.03. The van der Waals surface area contributed by atoms with Gasteiger partial charge in [0.25, 0.3) is 0 Å². The Bertz CT molecular complexity index is 216. The number of rotatable bonds is 3. The van der Waals surface area contributed by atoms with Crippen LogP contribution in [0, 0.1) is 0 Å². The first-order valence-corrected chi connectivity index (χ1v) is 4.23. The predicted octanol–water partition coefficient (Wildman–Crippen LogP) is 0.288. The minimum atomic E-state index is 0.522. The van der Waals surface area contributed by atoms with Crippen LogP contribution in [0.15, 0.2) is 12.5 Å². The third kappa shape index (κ3) is 1.84. The molecule has 1 atom stereocenters. The van der Waals surface area contributed by atoms with Crippen molar-refractivity contribution < 1.29 is 4.74 Å². The first kappa shape index (κ1) is 7.76. The van der Waals surface area contributed by atoms with E-state index < -0.39 is 0 Å². The van der Waals surface area contributed by atoms with Crippen LogP contribution >= 0.6 is 0 Å². The maximum absolute atomic E-state index is 5.24. The van der Waals surface area contributed by atoms with E-state index >= 15 is 0 Å². The van der Waals surface area contributed by atoms with E-state index in [1.54, 1.807) is 6.33 Å². The van der Waals surface area contributed by atoms with E-state index in [0.717, 1.165) is 31.9 Å². The lowest BCUT2D eigenvalue weighted by atomic mass is 10.2. The van der Waals surface area contributed by atoms with Gasteiger partial charge in [-0.2, -0.15) is 0 Å². The number of aromatic nitrogens is 2. The Morgan fingerprint density at radius 3 is 3.42 bits per heavy atom. The van der Waals surface area contributed by atoms with Gasteiger partial charge in [-0.3, -0.25) is 0 Å². The molecule has 0 spiro atoms. The molecular weight excluding hydrogens is 154 g/mol. The quantitative estimate of drug-likeness (QED) is 0.680. The molecule has 1 unspecified atom stereocenters. The van der Waals surface area contributed by atoms with Crippen molar-refractivity contribution in [2.24, 2.45) is 0 Å². The highest BCUT2D eigenvalue weighted by Gasteiger charge is 2.14. The van der Waals surface area contributed by atoms with Crippen LogP contribution in [0.3, 0.4) is 0 Å². The Hall–Kier alpha value is -0.870. The summed E-state index contributed by atoms with van der Waals surface area (Å²) < 4.78 is 5.24. The molecule has 2 rings (SSSR count). The number of imidazole rings is 1. The molecular formula is C8H13N3O. The van der Waals surface area contributed by atoms with Crippen molar-refractivity contribution in [1.29, 1.82) is 0 Å². The summed E-state index contributed by atoms with van der Waals surface area (Å²) in [5, 5.41) is 3.39. The normalized spacial score (nSPS) is 23.2. The van der Waals surface area contributed by atoms with Crippen LogP contribution in [0.2, 0.25) is 0 Å². The van der Waals surface area contributed by atoms with Gasteiger partial charge in [0, 0.05) is 31.1 Å². The molecule has 0 aromatic carbocycles. The lowest BCUT2D eigenvalue weighted by Gasteiger charge is -2.08. The smallest absolute Gasteiger partial charge is 0.0922 e. The van der Waals surface area contributed by atoms with E-state index in [2.05, 4.69) is 15.3 Å². The van der Waals surface area contributed by atoms with Crippen LogP contribution in [-0.4, -0.2) is 29.2 Å². The summed E-state index contributed by atoms with van der Waals surface area (Å²) in [4.78, 5) is 6.99. The van der Waals surface area contributed by atoms with E-state index in [4.69, 9.17) is 4.74 Å². The van der Waals surface area contributed by atoms with Crippen LogP contribution in [0.1, 0.15) is 12.1 Å². The number of aromatic amines is 1. The molecule has 0 bridgehead atoms. The second-order valence-electron chi connectivity index (χ2n) is 3.02. The maximum atomic E-state index is 5.24. The lowest BCUT2D eigenvalue weighted by Crippen LogP contribution is -2.28. The van der Waals surface area contributed by atoms with Gasteiger partial charge in [0.05, 0.1) is 12.9 Å². The highest BCUT2D eigenvalue weighted by atomic mass is 16.5. The molecule has 66 valence electrons. The van der Waals surface area contributed by atoms with Crippen molar-refractivity contribution in [1.82, 2.24) is 15.3 Å². The number of hydrogen-bond acceptors (Lipinski definition) is 3. The van der Waals surface area contributed by atoms with Gasteiger partial charge < -0.3 is 15.0 Å². The van der Waals surface area contributed by atoms with Crippen molar-refractivity contribution in [3.05, 3.63) is 18.2 Å². The minimum Gasteiger partial charge on any atom is -0.380 e. The summed E-state index contributed by atoms with van der Waals surface area (Å²) in [7, 11) is 0. The first-order chi connectivity index (χ1) is 5.95. The van der Waals surface area contributed by atoms with Gasteiger partial charge >= 0.3 is 0 Å². The molecule has 2 N–H and O–H groups in total. The third-order valence-corrected chi connectivity index (χ3v) is 2.07. The molecule has 12 heavy (non-hydrogen) atoms. The van der Waals surface area contributed by atoms with Crippen LogP contribution in [0.5, 0.6) is 0 Å². The van der Waals surface area contributed by atoms with Gasteiger partial charge in [0.2, 0.25) is 0 Å². The second kappa shape index (κ2) is 3.69. The molecule has 4 heteroatoms. The van der Waals surface area contributed by atoms with Crippen LogP contribution in [-0.2, 0) is 11.3 Å². The van der Waals surface area contributed by atoms with E-state index in [1.165, 1.54) is 0 Å². The van der Waals surface area contributed by atoms with Crippen LogP contribution < -0.4 is 5.32 Å². The Balaban J connectivity index is 1.74. The Labute approximate surface area is 71.3 Å². The zero-order chi connectivity index (χ0) is 8.23. The number of nitrogens with zero attached hydrogens (tertiary/aromatic N) is 1. The zero-order valence-corrected chi connectivity index (χ0v) is 6.92. The number of hydrogen-bond donors (Lipinski definition) is 2. The largest absolute Gasteiger partial charge is 0.380 e. The van der Waals surface area contributed by atoms with Crippen molar-refractivity contribution in [3.8, 4) is 0 Å².